The van der Waals surface area contributed by atoms with Gasteiger partial charge < -0.3 is 10.1 Å². The number of nitrogens with zero attached hydrogens (tertiary/aromatic N) is 2. The molecule has 5 heteroatoms. The van der Waals surface area contributed by atoms with Crippen molar-refractivity contribution < 1.29 is 4.74 Å². The number of anilines is 1. The molecule has 0 aromatic carbocycles. The largest absolute Gasteiger partial charge is 0.381 e. The Balaban J connectivity index is 3.03. The molecule has 0 amide bonds. The molecule has 4 nitrogen and oxygen atoms in total. The van der Waals surface area contributed by atoms with Gasteiger partial charge in [-0.1, -0.05) is 13.3 Å². The summed E-state index contributed by atoms with van der Waals surface area (Å²) >= 11 is 2.33. The molecule has 1 aromatic heterocycles. The summed E-state index contributed by atoms with van der Waals surface area (Å²) in [6.45, 7) is 7.16. The lowest BCUT2D eigenvalue weighted by molar-refractivity contribution is 0.117. The van der Waals surface area contributed by atoms with Crippen LogP contribution in [0.3, 0.4) is 0 Å². The summed E-state index contributed by atoms with van der Waals surface area (Å²) in [6.07, 6.45) is 2.99. The molecule has 0 saturated carbocycles. The molecule has 1 atom stereocenters. The van der Waals surface area contributed by atoms with Crippen LogP contribution in [0.1, 0.15) is 38.7 Å². The summed E-state index contributed by atoms with van der Waals surface area (Å²) in [5.41, 5.74) is 1.14. The molecule has 0 fully saturated rings. The highest BCUT2D eigenvalue weighted by atomic mass is 127. The quantitative estimate of drug-likeness (QED) is 0.757. The van der Waals surface area contributed by atoms with Crippen LogP contribution in [0.15, 0.2) is 0 Å². The monoisotopic (exact) mass is 363 g/mol. The topological polar surface area (TPSA) is 47.0 Å². The van der Waals surface area contributed by atoms with Crippen molar-refractivity contribution in [1.29, 1.82) is 0 Å². The fourth-order valence-corrected chi connectivity index (χ4v) is 2.37. The first-order valence-corrected chi connectivity index (χ1v) is 7.52. The molecule has 0 aliphatic carbocycles. The van der Waals surface area contributed by atoms with Gasteiger partial charge in [0.15, 0.2) is 0 Å². The van der Waals surface area contributed by atoms with Gasteiger partial charge >= 0.3 is 0 Å². The Hall–Kier alpha value is -0.430. The third-order valence-electron chi connectivity index (χ3n) is 2.67. The maximum absolute atomic E-state index is 5.28. The van der Waals surface area contributed by atoms with Crippen LogP contribution in [0.2, 0.25) is 0 Å². The predicted molar refractivity (Wildman–Crippen MR) is 83.1 cm³/mol. The molecule has 0 aliphatic rings. The lowest BCUT2D eigenvalue weighted by Crippen LogP contribution is -2.15. The maximum Gasteiger partial charge on any atom is 0.143 e. The number of methoxy groups -OCH3 is 1. The standard InChI is InChI=1S/C13H22IN3O/c1-5-7-10-12(14)13(15-6-2)17-11(16-10)8-9(3)18-4/h9H,5-8H2,1-4H3,(H,15,16,17). The third kappa shape index (κ3) is 4.35. The van der Waals surface area contributed by atoms with E-state index in [-0.39, 0.29) is 6.10 Å². The van der Waals surface area contributed by atoms with Crippen LogP contribution in [-0.2, 0) is 17.6 Å². The molecular weight excluding hydrogens is 341 g/mol. The van der Waals surface area contributed by atoms with Crippen molar-refractivity contribution in [2.24, 2.45) is 0 Å². The van der Waals surface area contributed by atoms with E-state index < -0.39 is 0 Å². The molecule has 1 heterocycles. The van der Waals surface area contributed by atoms with E-state index in [0.29, 0.717) is 0 Å². The normalized spacial score (nSPS) is 12.5. The van der Waals surface area contributed by atoms with Crippen LogP contribution in [0.5, 0.6) is 0 Å². The third-order valence-corrected chi connectivity index (χ3v) is 3.80. The lowest BCUT2D eigenvalue weighted by Gasteiger charge is -2.14. The molecule has 1 unspecified atom stereocenters. The molecule has 1 N–H and O–H groups in total. The van der Waals surface area contributed by atoms with E-state index in [9.17, 15) is 0 Å². The number of aryl methyl sites for hydroxylation is 1. The van der Waals surface area contributed by atoms with Crippen LogP contribution >= 0.6 is 22.6 Å². The summed E-state index contributed by atoms with van der Waals surface area (Å²) < 4.78 is 6.43. The van der Waals surface area contributed by atoms with Gasteiger partial charge in [-0.2, -0.15) is 0 Å². The molecule has 0 radical (unpaired) electrons. The fourth-order valence-electron chi connectivity index (χ4n) is 1.66. The van der Waals surface area contributed by atoms with Crippen molar-refractivity contribution in [3.63, 3.8) is 0 Å². The second-order valence-corrected chi connectivity index (χ2v) is 5.36. The van der Waals surface area contributed by atoms with E-state index in [1.54, 1.807) is 7.11 Å². The molecule has 0 saturated heterocycles. The van der Waals surface area contributed by atoms with Gasteiger partial charge in [-0.05, 0) is 42.9 Å². The van der Waals surface area contributed by atoms with Gasteiger partial charge in [0.05, 0.1) is 15.4 Å². The number of hydrogen-bond acceptors (Lipinski definition) is 4. The predicted octanol–water partition coefficient (Wildman–Crippen LogP) is 3.04. The smallest absolute Gasteiger partial charge is 0.143 e. The van der Waals surface area contributed by atoms with Gasteiger partial charge in [0.2, 0.25) is 0 Å². The molecule has 0 aliphatic heterocycles. The molecule has 18 heavy (non-hydrogen) atoms. The average Bonchev–Trinajstić information content (AvgIpc) is 2.35. The Morgan fingerprint density at radius 2 is 2.06 bits per heavy atom. The second-order valence-electron chi connectivity index (χ2n) is 4.28. The van der Waals surface area contributed by atoms with Crippen molar-refractivity contribution in [3.8, 4) is 0 Å². The zero-order valence-corrected chi connectivity index (χ0v) is 13.7. The van der Waals surface area contributed by atoms with Crippen LogP contribution in [-0.4, -0.2) is 29.7 Å². The minimum atomic E-state index is 0.147. The number of hydrogen-bond donors (Lipinski definition) is 1. The van der Waals surface area contributed by atoms with Gasteiger partial charge in [0.1, 0.15) is 11.6 Å². The molecule has 0 spiro atoms. The van der Waals surface area contributed by atoms with Crippen LogP contribution < -0.4 is 5.32 Å². The summed E-state index contributed by atoms with van der Waals surface area (Å²) in [5, 5.41) is 3.31. The number of rotatable bonds is 7. The van der Waals surface area contributed by atoms with Crippen molar-refractivity contribution in [3.05, 3.63) is 15.1 Å². The average molecular weight is 363 g/mol. The molecule has 1 aromatic rings. The first-order valence-electron chi connectivity index (χ1n) is 6.44. The Morgan fingerprint density at radius 3 is 2.61 bits per heavy atom. The summed E-state index contributed by atoms with van der Waals surface area (Å²) in [4.78, 5) is 9.24. The Bertz CT molecular complexity index is 357. The molecule has 1 rings (SSSR count). The van der Waals surface area contributed by atoms with Crippen molar-refractivity contribution in [2.45, 2.75) is 46.1 Å². The van der Waals surface area contributed by atoms with Crippen LogP contribution in [0, 0.1) is 3.57 Å². The van der Waals surface area contributed by atoms with Crippen molar-refractivity contribution >= 4 is 28.4 Å². The number of aromatic nitrogens is 2. The van der Waals surface area contributed by atoms with Crippen LogP contribution in [0.25, 0.3) is 0 Å². The zero-order chi connectivity index (χ0) is 13.5. The summed E-state index contributed by atoms with van der Waals surface area (Å²) in [6, 6.07) is 0. The van der Waals surface area contributed by atoms with Gasteiger partial charge in [0, 0.05) is 20.1 Å². The van der Waals surface area contributed by atoms with E-state index in [1.165, 1.54) is 0 Å². The SMILES string of the molecule is CCCc1nc(CC(C)OC)nc(NCC)c1I. The van der Waals surface area contributed by atoms with E-state index in [1.807, 2.05) is 6.92 Å². The van der Waals surface area contributed by atoms with Crippen molar-refractivity contribution in [1.82, 2.24) is 9.97 Å². The highest BCUT2D eigenvalue weighted by Crippen LogP contribution is 2.21. The Labute approximate surface area is 123 Å². The minimum absolute atomic E-state index is 0.147. The van der Waals surface area contributed by atoms with Gasteiger partial charge in [-0.15, -0.1) is 0 Å². The highest BCUT2D eigenvalue weighted by Gasteiger charge is 2.13. The first-order chi connectivity index (χ1) is 8.62. The lowest BCUT2D eigenvalue weighted by atomic mass is 10.2. The van der Waals surface area contributed by atoms with Crippen molar-refractivity contribution in [2.75, 3.05) is 19.0 Å². The number of halogens is 1. The molecular formula is C13H22IN3O. The van der Waals surface area contributed by atoms with Crippen LogP contribution in [0.4, 0.5) is 5.82 Å². The molecule has 0 bridgehead atoms. The Kier molecular flexibility index (Phi) is 6.85. The van der Waals surface area contributed by atoms with E-state index in [0.717, 1.165) is 46.7 Å². The number of nitrogens with one attached hydrogen (secondary N) is 1. The first kappa shape index (κ1) is 15.6. The van der Waals surface area contributed by atoms with E-state index in [4.69, 9.17) is 4.74 Å². The summed E-state index contributed by atoms with van der Waals surface area (Å²) in [7, 11) is 1.72. The number of ether oxygens (including phenoxy) is 1. The second kappa shape index (κ2) is 7.89. The highest BCUT2D eigenvalue weighted by molar-refractivity contribution is 14.1. The van der Waals surface area contributed by atoms with Gasteiger partial charge in [0.25, 0.3) is 0 Å². The fraction of sp³-hybridized carbons (Fsp3) is 0.692. The van der Waals surface area contributed by atoms with E-state index in [2.05, 4.69) is 51.7 Å². The van der Waals surface area contributed by atoms with Gasteiger partial charge in [-0.3, -0.25) is 0 Å². The summed E-state index contributed by atoms with van der Waals surface area (Å²) in [5.74, 6) is 1.82. The molecule has 102 valence electrons. The maximum atomic E-state index is 5.28. The van der Waals surface area contributed by atoms with Gasteiger partial charge in [-0.25, -0.2) is 9.97 Å². The minimum Gasteiger partial charge on any atom is -0.381 e. The Morgan fingerprint density at radius 1 is 1.33 bits per heavy atom. The van der Waals surface area contributed by atoms with E-state index >= 15 is 0 Å². The zero-order valence-electron chi connectivity index (χ0n) is 11.6.